The van der Waals surface area contributed by atoms with Gasteiger partial charge in [-0.3, -0.25) is 0 Å². The number of rotatable bonds is 1. The van der Waals surface area contributed by atoms with E-state index in [1.165, 1.54) is 6.08 Å². The Labute approximate surface area is 75.9 Å². The molecule has 0 spiro atoms. The van der Waals surface area contributed by atoms with Crippen LogP contribution in [0.5, 0.6) is 0 Å². The predicted molar refractivity (Wildman–Crippen MR) is 43.7 cm³/mol. The highest BCUT2D eigenvalue weighted by atomic mass is 16.5. The normalized spacial score (nSPS) is 43.3. The maximum absolute atomic E-state index is 9.34. The van der Waals surface area contributed by atoms with E-state index in [1.807, 2.05) is 0 Å². The van der Waals surface area contributed by atoms with Crippen molar-refractivity contribution in [2.75, 3.05) is 6.61 Å². The standard InChI is InChI=1S/C8H14O5/c1-2-4-6(10)8(12)7(11)5(3-9)13-4/h2,5-12H,3H2,1H3/b4-2-/t5-,6+,7+,8-/m1/s1. The smallest absolute Gasteiger partial charge is 0.150 e. The molecule has 0 aliphatic carbocycles. The second kappa shape index (κ2) is 4.06. The minimum Gasteiger partial charge on any atom is -0.487 e. The van der Waals surface area contributed by atoms with Crippen LogP contribution in [0.1, 0.15) is 6.92 Å². The van der Waals surface area contributed by atoms with Crippen molar-refractivity contribution in [2.45, 2.75) is 31.3 Å². The van der Waals surface area contributed by atoms with Crippen LogP contribution < -0.4 is 0 Å². The predicted octanol–water partition coefficient (Wildman–Crippen LogP) is -1.64. The van der Waals surface area contributed by atoms with Crippen LogP contribution >= 0.6 is 0 Å². The zero-order valence-corrected chi connectivity index (χ0v) is 7.29. The van der Waals surface area contributed by atoms with E-state index < -0.39 is 31.0 Å². The second-order valence-corrected chi connectivity index (χ2v) is 2.96. The fourth-order valence-electron chi connectivity index (χ4n) is 1.27. The molecule has 5 nitrogen and oxygen atoms in total. The van der Waals surface area contributed by atoms with Gasteiger partial charge >= 0.3 is 0 Å². The van der Waals surface area contributed by atoms with E-state index in [9.17, 15) is 15.3 Å². The fraction of sp³-hybridized carbons (Fsp3) is 0.750. The van der Waals surface area contributed by atoms with Crippen molar-refractivity contribution in [3.63, 3.8) is 0 Å². The highest BCUT2D eigenvalue weighted by Crippen LogP contribution is 2.23. The molecule has 1 fully saturated rings. The Morgan fingerprint density at radius 2 is 1.92 bits per heavy atom. The van der Waals surface area contributed by atoms with Gasteiger partial charge in [-0.1, -0.05) is 0 Å². The molecule has 1 rings (SSSR count). The minimum absolute atomic E-state index is 0.178. The monoisotopic (exact) mass is 190 g/mol. The van der Waals surface area contributed by atoms with Gasteiger partial charge in [-0.2, -0.15) is 0 Å². The van der Waals surface area contributed by atoms with Crippen LogP contribution in [-0.2, 0) is 4.74 Å². The fourth-order valence-corrected chi connectivity index (χ4v) is 1.27. The third-order valence-corrected chi connectivity index (χ3v) is 2.10. The van der Waals surface area contributed by atoms with Gasteiger partial charge in [0.05, 0.1) is 6.61 Å². The zero-order chi connectivity index (χ0) is 10.0. The van der Waals surface area contributed by atoms with Gasteiger partial charge in [0.15, 0.2) is 0 Å². The topological polar surface area (TPSA) is 90.2 Å². The molecule has 76 valence electrons. The van der Waals surface area contributed by atoms with E-state index in [0.717, 1.165) is 0 Å². The van der Waals surface area contributed by atoms with Gasteiger partial charge < -0.3 is 25.2 Å². The summed E-state index contributed by atoms with van der Waals surface area (Å²) in [6, 6.07) is 0. The molecule has 1 saturated heterocycles. The highest BCUT2D eigenvalue weighted by Gasteiger charge is 2.40. The number of allylic oxidation sites excluding steroid dienone is 1. The molecular weight excluding hydrogens is 176 g/mol. The van der Waals surface area contributed by atoms with Crippen LogP contribution in [0, 0.1) is 0 Å². The lowest BCUT2D eigenvalue weighted by Gasteiger charge is -2.36. The lowest BCUT2D eigenvalue weighted by molar-refractivity contribution is -0.164. The molecule has 13 heavy (non-hydrogen) atoms. The average molecular weight is 190 g/mol. The molecule has 1 aliphatic heterocycles. The molecule has 1 aliphatic rings. The van der Waals surface area contributed by atoms with Gasteiger partial charge in [-0.15, -0.1) is 0 Å². The van der Waals surface area contributed by atoms with Crippen molar-refractivity contribution < 1.29 is 25.2 Å². The molecule has 0 bridgehead atoms. The first-order chi connectivity index (χ1) is 6.11. The molecule has 0 aromatic heterocycles. The van der Waals surface area contributed by atoms with E-state index in [2.05, 4.69) is 0 Å². The Bertz CT molecular complexity index is 201. The number of aliphatic hydroxyl groups is 4. The number of ether oxygens (including phenoxy) is 1. The third kappa shape index (κ3) is 1.83. The second-order valence-electron chi connectivity index (χ2n) is 2.96. The first kappa shape index (κ1) is 10.5. The van der Waals surface area contributed by atoms with Crippen molar-refractivity contribution in [2.24, 2.45) is 0 Å². The van der Waals surface area contributed by atoms with Gasteiger partial charge in [0.1, 0.15) is 30.2 Å². The average Bonchev–Trinajstić information content (AvgIpc) is 2.15. The highest BCUT2D eigenvalue weighted by molar-refractivity contribution is 5.08. The summed E-state index contributed by atoms with van der Waals surface area (Å²) in [6.45, 7) is 1.24. The van der Waals surface area contributed by atoms with Crippen LogP contribution in [0.15, 0.2) is 11.8 Å². The zero-order valence-electron chi connectivity index (χ0n) is 7.29. The first-order valence-electron chi connectivity index (χ1n) is 4.09. The van der Waals surface area contributed by atoms with Crippen LogP contribution in [0.2, 0.25) is 0 Å². The number of hydrogen-bond donors (Lipinski definition) is 4. The maximum atomic E-state index is 9.34. The molecule has 0 amide bonds. The molecule has 1 heterocycles. The van der Waals surface area contributed by atoms with E-state index in [-0.39, 0.29) is 5.76 Å². The lowest BCUT2D eigenvalue weighted by atomic mass is 9.98. The minimum atomic E-state index is -1.31. The Balaban J connectivity index is 2.78. The van der Waals surface area contributed by atoms with Crippen molar-refractivity contribution in [3.05, 3.63) is 11.8 Å². The van der Waals surface area contributed by atoms with Gasteiger partial charge in [0.25, 0.3) is 0 Å². The molecule has 0 radical (unpaired) electrons. The first-order valence-corrected chi connectivity index (χ1v) is 4.09. The number of hydrogen-bond acceptors (Lipinski definition) is 5. The summed E-state index contributed by atoms with van der Waals surface area (Å²) >= 11 is 0. The molecule has 0 saturated carbocycles. The van der Waals surface area contributed by atoms with Gasteiger partial charge in [0, 0.05) is 0 Å². The van der Waals surface area contributed by atoms with E-state index in [4.69, 9.17) is 9.84 Å². The molecule has 4 N–H and O–H groups in total. The molecular formula is C8H14O5. The van der Waals surface area contributed by atoms with Crippen LogP contribution in [0.25, 0.3) is 0 Å². The number of aliphatic hydroxyl groups excluding tert-OH is 4. The molecule has 5 heteroatoms. The van der Waals surface area contributed by atoms with Gasteiger partial charge in [0.2, 0.25) is 0 Å². The van der Waals surface area contributed by atoms with Crippen molar-refractivity contribution in [1.82, 2.24) is 0 Å². The van der Waals surface area contributed by atoms with Crippen molar-refractivity contribution in [3.8, 4) is 0 Å². The maximum Gasteiger partial charge on any atom is 0.150 e. The quantitative estimate of drug-likeness (QED) is 0.398. The molecule has 0 aromatic rings. The summed E-state index contributed by atoms with van der Waals surface area (Å²) in [4.78, 5) is 0. The van der Waals surface area contributed by atoms with E-state index in [1.54, 1.807) is 6.92 Å². The summed E-state index contributed by atoms with van der Waals surface area (Å²) in [6.07, 6.45) is -3.17. The van der Waals surface area contributed by atoms with Crippen LogP contribution in [-0.4, -0.2) is 51.4 Å². The Morgan fingerprint density at radius 1 is 1.31 bits per heavy atom. The largest absolute Gasteiger partial charge is 0.487 e. The van der Waals surface area contributed by atoms with Crippen molar-refractivity contribution >= 4 is 0 Å². The Morgan fingerprint density at radius 3 is 2.38 bits per heavy atom. The van der Waals surface area contributed by atoms with Crippen LogP contribution in [0.4, 0.5) is 0 Å². The van der Waals surface area contributed by atoms with Gasteiger partial charge in [-0.25, -0.2) is 0 Å². The van der Waals surface area contributed by atoms with Crippen LogP contribution in [0.3, 0.4) is 0 Å². The van der Waals surface area contributed by atoms with Gasteiger partial charge in [-0.05, 0) is 13.0 Å². The summed E-state index contributed by atoms with van der Waals surface area (Å²) in [5.74, 6) is 0.178. The van der Waals surface area contributed by atoms with Crippen molar-refractivity contribution in [1.29, 1.82) is 0 Å². The summed E-state index contributed by atoms with van der Waals surface area (Å²) in [7, 11) is 0. The Kier molecular flexibility index (Phi) is 3.27. The SMILES string of the molecule is C/C=C1\O[C@H](CO)[C@H](O)[C@H](O)[C@H]1O. The molecule has 4 atom stereocenters. The van der Waals surface area contributed by atoms with E-state index >= 15 is 0 Å². The summed E-state index contributed by atoms with van der Waals surface area (Å²) < 4.78 is 5.03. The Hall–Kier alpha value is -0.620. The summed E-state index contributed by atoms with van der Waals surface area (Å²) in [5, 5.41) is 36.7. The molecule has 0 unspecified atom stereocenters. The third-order valence-electron chi connectivity index (χ3n) is 2.10. The summed E-state index contributed by atoms with van der Waals surface area (Å²) in [5.41, 5.74) is 0. The molecule has 0 aromatic carbocycles. The lowest BCUT2D eigenvalue weighted by Crippen LogP contribution is -2.52. The van der Waals surface area contributed by atoms with E-state index in [0.29, 0.717) is 0 Å².